The van der Waals surface area contributed by atoms with Gasteiger partial charge in [0.2, 0.25) is 0 Å². The summed E-state index contributed by atoms with van der Waals surface area (Å²) in [5, 5.41) is 0. The van der Waals surface area contributed by atoms with Crippen LogP contribution >= 0.6 is 0 Å². The van der Waals surface area contributed by atoms with Crippen LogP contribution in [0.25, 0.3) is 0 Å². The van der Waals surface area contributed by atoms with E-state index in [2.05, 4.69) is 0 Å². The minimum Gasteiger partial charge on any atom is -0.449 e. The number of nitrogens with zero attached hydrogens (tertiary/aromatic N) is 1. The van der Waals surface area contributed by atoms with Gasteiger partial charge in [0.05, 0.1) is 5.56 Å². The number of hydrogen-bond donors (Lipinski definition) is 0. The molecule has 0 spiro atoms. The second-order valence-corrected chi connectivity index (χ2v) is 6.74. The van der Waals surface area contributed by atoms with E-state index in [4.69, 9.17) is 4.74 Å². The standard InChI is InChI=1S/C21H23NO3/c1-13-9-10-18(11-14(13)2)21(24)25-16(4)20(23)22-15(3)12-17-7-5-6-8-19(17)22/h5-11,15-16H,12H2,1-4H3/t15-,16+/m0/s1. The van der Waals surface area contributed by atoms with Gasteiger partial charge in [0, 0.05) is 11.7 Å². The van der Waals surface area contributed by atoms with Crippen molar-refractivity contribution >= 4 is 17.6 Å². The number of hydrogen-bond acceptors (Lipinski definition) is 3. The van der Waals surface area contributed by atoms with Crippen molar-refractivity contribution in [3.05, 3.63) is 64.7 Å². The zero-order valence-electron chi connectivity index (χ0n) is 15.1. The Morgan fingerprint density at radius 2 is 1.84 bits per heavy atom. The summed E-state index contributed by atoms with van der Waals surface area (Å²) in [6.45, 7) is 7.58. The molecule has 2 atom stereocenters. The maximum absolute atomic E-state index is 12.9. The van der Waals surface area contributed by atoms with Crippen molar-refractivity contribution in [1.82, 2.24) is 0 Å². The maximum Gasteiger partial charge on any atom is 0.338 e. The number of amides is 1. The zero-order chi connectivity index (χ0) is 18.1. The summed E-state index contributed by atoms with van der Waals surface area (Å²) < 4.78 is 5.44. The molecule has 0 bridgehead atoms. The molecule has 0 saturated heterocycles. The van der Waals surface area contributed by atoms with Crippen LogP contribution < -0.4 is 4.90 Å². The number of fused-ring (bicyclic) bond motifs is 1. The maximum atomic E-state index is 12.9. The highest BCUT2D eigenvalue weighted by Crippen LogP contribution is 2.32. The first-order valence-electron chi connectivity index (χ1n) is 8.57. The van der Waals surface area contributed by atoms with Crippen LogP contribution in [-0.2, 0) is 16.0 Å². The number of esters is 1. The molecule has 2 aromatic rings. The third-order valence-electron chi connectivity index (χ3n) is 4.82. The third kappa shape index (κ3) is 3.29. The van der Waals surface area contributed by atoms with Crippen LogP contribution in [0.15, 0.2) is 42.5 Å². The fourth-order valence-corrected chi connectivity index (χ4v) is 3.24. The number of ether oxygens (including phenoxy) is 1. The van der Waals surface area contributed by atoms with E-state index in [1.165, 1.54) is 0 Å². The molecule has 0 radical (unpaired) electrons. The molecule has 1 amide bonds. The van der Waals surface area contributed by atoms with Gasteiger partial charge in [0.25, 0.3) is 5.91 Å². The van der Waals surface area contributed by atoms with Crippen LogP contribution in [0.4, 0.5) is 5.69 Å². The Hall–Kier alpha value is -2.62. The van der Waals surface area contributed by atoms with E-state index in [0.717, 1.165) is 28.8 Å². The van der Waals surface area contributed by atoms with Gasteiger partial charge in [-0.05, 0) is 69.0 Å². The summed E-state index contributed by atoms with van der Waals surface area (Å²) >= 11 is 0. The molecule has 0 unspecified atom stereocenters. The van der Waals surface area contributed by atoms with Gasteiger partial charge in [0.1, 0.15) is 0 Å². The van der Waals surface area contributed by atoms with Gasteiger partial charge in [0.15, 0.2) is 6.10 Å². The van der Waals surface area contributed by atoms with Gasteiger partial charge in [-0.25, -0.2) is 4.79 Å². The van der Waals surface area contributed by atoms with Crippen LogP contribution in [0, 0.1) is 13.8 Å². The van der Waals surface area contributed by atoms with Gasteiger partial charge < -0.3 is 9.64 Å². The number of aryl methyl sites for hydroxylation is 2. The van der Waals surface area contributed by atoms with E-state index in [1.807, 2.05) is 51.1 Å². The molecule has 1 heterocycles. The summed E-state index contributed by atoms with van der Waals surface area (Å²) in [6, 6.07) is 13.3. The van der Waals surface area contributed by atoms with Gasteiger partial charge in [-0.3, -0.25) is 4.79 Å². The van der Waals surface area contributed by atoms with Crippen molar-refractivity contribution in [2.24, 2.45) is 0 Å². The van der Waals surface area contributed by atoms with Crippen molar-refractivity contribution in [1.29, 1.82) is 0 Å². The fraction of sp³-hybridized carbons (Fsp3) is 0.333. The number of carbonyl (C=O) groups is 2. The average Bonchev–Trinajstić information content (AvgIpc) is 2.92. The van der Waals surface area contributed by atoms with Crippen LogP contribution in [0.1, 0.15) is 40.9 Å². The largest absolute Gasteiger partial charge is 0.449 e. The zero-order valence-corrected chi connectivity index (χ0v) is 15.1. The lowest BCUT2D eigenvalue weighted by Crippen LogP contribution is -2.43. The molecule has 0 saturated carbocycles. The van der Waals surface area contributed by atoms with Gasteiger partial charge in [-0.1, -0.05) is 24.3 Å². The molecular formula is C21H23NO3. The second-order valence-electron chi connectivity index (χ2n) is 6.74. The van der Waals surface area contributed by atoms with Gasteiger partial charge in [-0.2, -0.15) is 0 Å². The minimum atomic E-state index is -0.831. The molecule has 3 rings (SSSR count). The molecule has 1 aliphatic rings. The van der Waals surface area contributed by atoms with Gasteiger partial charge in [-0.15, -0.1) is 0 Å². The number of rotatable bonds is 3. The SMILES string of the molecule is Cc1ccc(C(=O)O[C@H](C)C(=O)N2c3ccccc3C[C@@H]2C)cc1C. The van der Waals surface area contributed by atoms with Crippen molar-refractivity contribution in [3.8, 4) is 0 Å². The Balaban J connectivity index is 1.75. The first-order valence-corrected chi connectivity index (χ1v) is 8.57. The molecule has 130 valence electrons. The first kappa shape index (κ1) is 17.2. The van der Waals surface area contributed by atoms with E-state index in [-0.39, 0.29) is 11.9 Å². The second kappa shape index (κ2) is 6.71. The van der Waals surface area contributed by atoms with Crippen molar-refractivity contribution < 1.29 is 14.3 Å². The Labute approximate surface area is 148 Å². The molecule has 4 nitrogen and oxygen atoms in total. The van der Waals surface area contributed by atoms with Crippen molar-refractivity contribution in [2.75, 3.05) is 4.90 Å². The topological polar surface area (TPSA) is 46.6 Å². The molecular weight excluding hydrogens is 314 g/mol. The predicted octanol–water partition coefficient (Wildman–Crippen LogP) is 3.83. The number of anilines is 1. The Kier molecular flexibility index (Phi) is 4.62. The third-order valence-corrected chi connectivity index (χ3v) is 4.82. The lowest BCUT2D eigenvalue weighted by Gasteiger charge is -2.26. The molecule has 0 aromatic heterocycles. The normalized spacial score (nSPS) is 17.1. The van der Waals surface area contributed by atoms with Crippen LogP contribution in [0.2, 0.25) is 0 Å². The fourth-order valence-electron chi connectivity index (χ4n) is 3.24. The number of para-hydroxylation sites is 1. The first-order chi connectivity index (χ1) is 11.9. The molecule has 0 N–H and O–H groups in total. The highest BCUT2D eigenvalue weighted by atomic mass is 16.5. The van der Waals surface area contributed by atoms with E-state index < -0.39 is 12.1 Å². The van der Waals surface area contributed by atoms with E-state index in [0.29, 0.717) is 5.56 Å². The number of benzene rings is 2. The monoisotopic (exact) mass is 337 g/mol. The Morgan fingerprint density at radius 1 is 1.12 bits per heavy atom. The summed E-state index contributed by atoms with van der Waals surface area (Å²) in [7, 11) is 0. The van der Waals surface area contributed by atoms with E-state index in [1.54, 1.807) is 24.0 Å². The average molecular weight is 337 g/mol. The van der Waals surface area contributed by atoms with Crippen LogP contribution in [0.5, 0.6) is 0 Å². The molecule has 0 fully saturated rings. The van der Waals surface area contributed by atoms with Gasteiger partial charge >= 0.3 is 5.97 Å². The van der Waals surface area contributed by atoms with Crippen LogP contribution in [0.3, 0.4) is 0 Å². The Morgan fingerprint density at radius 3 is 2.56 bits per heavy atom. The predicted molar refractivity (Wildman–Crippen MR) is 97.9 cm³/mol. The Bertz CT molecular complexity index is 828. The highest BCUT2D eigenvalue weighted by molar-refractivity contribution is 6.01. The summed E-state index contributed by atoms with van der Waals surface area (Å²) in [5.41, 5.74) is 4.67. The molecule has 25 heavy (non-hydrogen) atoms. The molecule has 0 aliphatic carbocycles. The minimum absolute atomic E-state index is 0.0627. The quantitative estimate of drug-likeness (QED) is 0.800. The lowest BCUT2D eigenvalue weighted by molar-refractivity contribution is -0.126. The van der Waals surface area contributed by atoms with Crippen molar-refractivity contribution in [3.63, 3.8) is 0 Å². The van der Waals surface area contributed by atoms with Crippen molar-refractivity contribution in [2.45, 2.75) is 46.3 Å². The summed E-state index contributed by atoms with van der Waals surface area (Å²) in [6.07, 6.45) is -0.0116. The molecule has 1 aliphatic heterocycles. The van der Waals surface area contributed by atoms with E-state index >= 15 is 0 Å². The number of carbonyl (C=O) groups excluding carboxylic acids is 2. The van der Waals surface area contributed by atoms with Crippen LogP contribution in [-0.4, -0.2) is 24.0 Å². The smallest absolute Gasteiger partial charge is 0.338 e. The highest BCUT2D eigenvalue weighted by Gasteiger charge is 2.34. The lowest BCUT2D eigenvalue weighted by atomic mass is 10.1. The summed E-state index contributed by atoms with van der Waals surface area (Å²) in [5.74, 6) is -0.654. The molecule has 2 aromatic carbocycles. The molecule has 4 heteroatoms. The van der Waals surface area contributed by atoms with E-state index in [9.17, 15) is 9.59 Å². The summed E-state index contributed by atoms with van der Waals surface area (Å²) in [4.78, 5) is 27.0.